The van der Waals surface area contributed by atoms with Gasteiger partial charge >= 0.3 is 5.97 Å². The summed E-state index contributed by atoms with van der Waals surface area (Å²) in [5.41, 5.74) is 0.354. The Morgan fingerprint density at radius 2 is 1.76 bits per heavy atom. The average molecular weight is 588 g/mol. The first kappa shape index (κ1) is 30.0. The highest BCUT2D eigenvalue weighted by Gasteiger charge is 2.80. The van der Waals surface area contributed by atoms with E-state index in [2.05, 4.69) is 32.7 Å². The van der Waals surface area contributed by atoms with E-state index >= 15 is 0 Å². The van der Waals surface area contributed by atoms with Crippen LogP contribution in [0.4, 0.5) is 0 Å². The highest BCUT2D eigenvalue weighted by molar-refractivity contribution is 5.66. The molecule has 0 radical (unpaired) electrons. The molecule has 7 aliphatic rings. The molecule has 238 valence electrons. The number of morpholine rings is 1. The van der Waals surface area contributed by atoms with E-state index in [1.54, 1.807) is 13.8 Å². The van der Waals surface area contributed by atoms with Gasteiger partial charge in [0.15, 0.2) is 12.4 Å². The number of hydrogen-bond donors (Lipinski definition) is 1. The fourth-order valence-corrected chi connectivity index (χ4v) is 12.6. The van der Waals surface area contributed by atoms with E-state index in [-0.39, 0.29) is 36.0 Å². The van der Waals surface area contributed by atoms with Crippen molar-refractivity contribution >= 4 is 5.97 Å². The van der Waals surface area contributed by atoms with Crippen LogP contribution in [0.25, 0.3) is 0 Å². The van der Waals surface area contributed by atoms with Gasteiger partial charge in [-0.05, 0) is 130 Å². The van der Waals surface area contributed by atoms with Crippen LogP contribution in [0.1, 0.15) is 106 Å². The van der Waals surface area contributed by atoms with Gasteiger partial charge in [-0.2, -0.15) is 0 Å². The first-order valence-electron chi connectivity index (χ1n) is 17.2. The van der Waals surface area contributed by atoms with Crippen molar-refractivity contribution < 1.29 is 28.8 Å². The number of hydrogen-bond acceptors (Lipinski definition) is 7. The number of nitrogens with zero attached hydrogens (tertiary/aromatic N) is 1. The maximum Gasteiger partial charge on any atom is 0.303 e. The molecule has 7 heteroatoms. The van der Waals surface area contributed by atoms with Gasteiger partial charge in [0.2, 0.25) is 0 Å². The topological polar surface area (TPSA) is 77.5 Å². The number of fused-ring (bicyclic) bond motifs is 4. The molecule has 0 aromatic heterocycles. The molecule has 2 aliphatic heterocycles. The number of aliphatic hydroxyl groups is 1. The molecule has 12 atom stereocenters. The number of carbonyl (C=O) groups is 1. The molecule has 12 unspecified atom stereocenters. The lowest BCUT2D eigenvalue weighted by atomic mass is 9.46. The molecule has 2 saturated heterocycles. The molecule has 1 N–H and O–H groups in total. The Morgan fingerprint density at radius 1 is 1.00 bits per heavy atom. The predicted octanol–water partition coefficient (Wildman–Crippen LogP) is 5.57. The fourth-order valence-electron chi connectivity index (χ4n) is 12.6. The van der Waals surface area contributed by atoms with Crippen LogP contribution in [-0.4, -0.2) is 79.0 Å². The second-order valence-electron chi connectivity index (χ2n) is 17.2. The van der Waals surface area contributed by atoms with Gasteiger partial charge in [0.1, 0.15) is 0 Å². The van der Waals surface area contributed by atoms with E-state index in [0.29, 0.717) is 28.1 Å². The third kappa shape index (κ3) is 4.33. The molecular formula is C35H57NO6. The van der Waals surface area contributed by atoms with Gasteiger partial charge < -0.3 is 24.1 Å². The summed E-state index contributed by atoms with van der Waals surface area (Å²) in [6.07, 6.45) is 11.9. The summed E-state index contributed by atoms with van der Waals surface area (Å²) in [5.74, 6) is 2.45. The van der Waals surface area contributed by atoms with E-state index in [4.69, 9.17) is 18.9 Å². The van der Waals surface area contributed by atoms with E-state index in [1.165, 1.54) is 45.4 Å². The highest BCUT2D eigenvalue weighted by atomic mass is 16.7. The largest absolute Gasteiger partial charge is 0.457 e. The molecule has 7 rings (SSSR count). The molecule has 42 heavy (non-hydrogen) atoms. The molecule has 5 saturated carbocycles. The maximum absolute atomic E-state index is 11.9. The van der Waals surface area contributed by atoms with Crippen molar-refractivity contribution in [2.75, 3.05) is 26.7 Å². The minimum absolute atomic E-state index is 0.0931. The van der Waals surface area contributed by atoms with Gasteiger partial charge in [0.05, 0.1) is 30.5 Å². The number of ether oxygens (including phenoxy) is 4. The number of carbonyl (C=O) groups excluding carboxylic acids is 1. The van der Waals surface area contributed by atoms with Crippen LogP contribution in [0.5, 0.6) is 0 Å². The summed E-state index contributed by atoms with van der Waals surface area (Å²) in [5, 5.41) is 10.9. The zero-order valence-corrected chi connectivity index (χ0v) is 27.3. The normalized spacial score (nSPS) is 50.4. The van der Waals surface area contributed by atoms with Crippen molar-refractivity contribution in [2.24, 2.45) is 45.3 Å². The Labute approximate surface area is 253 Å². The predicted molar refractivity (Wildman–Crippen MR) is 160 cm³/mol. The Bertz CT molecular complexity index is 1070. The Balaban J connectivity index is 1.08. The molecule has 0 bridgehead atoms. The van der Waals surface area contributed by atoms with Crippen LogP contribution in [0.2, 0.25) is 0 Å². The number of esters is 1. The molecule has 0 amide bonds. The van der Waals surface area contributed by atoms with E-state index in [1.807, 2.05) is 0 Å². The lowest BCUT2D eigenvalue weighted by Gasteiger charge is -2.60. The first-order chi connectivity index (χ1) is 19.7. The molecule has 0 aromatic rings. The average Bonchev–Trinajstić information content (AvgIpc) is 3.48. The minimum Gasteiger partial charge on any atom is -0.457 e. The maximum atomic E-state index is 11.9. The van der Waals surface area contributed by atoms with Gasteiger partial charge in [-0.1, -0.05) is 20.8 Å². The first-order valence-corrected chi connectivity index (χ1v) is 17.2. The Hall–Kier alpha value is -0.730. The quantitative estimate of drug-likeness (QED) is 0.422. The van der Waals surface area contributed by atoms with Crippen molar-refractivity contribution in [1.82, 2.24) is 4.90 Å². The summed E-state index contributed by atoms with van der Waals surface area (Å²) in [6.45, 7) is 15.1. The van der Waals surface area contributed by atoms with E-state index < -0.39 is 11.7 Å². The Kier molecular flexibility index (Phi) is 7.05. The minimum atomic E-state index is -1.13. The fraction of sp³-hybridized carbons (Fsp3) is 0.971. The van der Waals surface area contributed by atoms with E-state index in [0.717, 1.165) is 57.2 Å². The van der Waals surface area contributed by atoms with Crippen molar-refractivity contribution in [3.05, 3.63) is 0 Å². The second-order valence-corrected chi connectivity index (χ2v) is 17.2. The zero-order chi connectivity index (χ0) is 29.9. The molecule has 5 aliphatic carbocycles. The standard InChI is InChI=1S/C35H57NO6/c1-21(37)40-30(32(4,5)38)25-10-8-23-26(41-25)18-24-22-9-11-27-31(2,3)28(42-29-19-36(7)16-17-39-29)12-13-35(27)20-34(22,35)15-14-33(23,24)6/h22-30,38H,8-20H2,1-7H3. The smallest absolute Gasteiger partial charge is 0.303 e. The van der Waals surface area contributed by atoms with Gasteiger partial charge in [-0.25, -0.2) is 0 Å². The SMILES string of the molecule is CC(=O)OC(C1CCC2C(CC3C4CCC5C(C)(C)C(OC6CN(C)CCO6)CCC56CC46CCC23C)O1)C(C)(C)O. The molecule has 0 aromatic carbocycles. The van der Waals surface area contributed by atoms with Crippen molar-refractivity contribution in [3.8, 4) is 0 Å². The molecule has 7 nitrogen and oxygen atoms in total. The van der Waals surface area contributed by atoms with Crippen LogP contribution in [0, 0.1) is 45.3 Å². The van der Waals surface area contributed by atoms with Crippen molar-refractivity contribution in [2.45, 2.75) is 142 Å². The van der Waals surface area contributed by atoms with Crippen LogP contribution in [0.15, 0.2) is 0 Å². The molecule has 2 spiro atoms. The van der Waals surface area contributed by atoms with Gasteiger partial charge in [-0.3, -0.25) is 9.69 Å². The van der Waals surface area contributed by atoms with E-state index in [9.17, 15) is 9.90 Å². The second kappa shape index (κ2) is 9.88. The van der Waals surface area contributed by atoms with Crippen LogP contribution >= 0.6 is 0 Å². The summed E-state index contributed by atoms with van der Waals surface area (Å²) < 4.78 is 25.3. The summed E-state index contributed by atoms with van der Waals surface area (Å²) in [4.78, 5) is 14.2. The van der Waals surface area contributed by atoms with Gasteiger partial charge in [0.25, 0.3) is 0 Å². The van der Waals surface area contributed by atoms with Crippen molar-refractivity contribution in [1.29, 1.82) is 0 Å². The van der Waals surface area contributed by atoms with Gasteiger partial charge in [0, 0.05) is 20.0 Å². The molecular weight excluding hydrogens is 530 g/mol. The summed E-state index contributed by atoms with van der Waals surface area (Å²) >= 11 is 0. The lowest BCUT2D eigenvalue weighted by molar-refractivity contribution is -0.243. The lowest BCUT2D eigenvalue weighted by Crippen LogP contribution is -2.56. The monoisotopic (exact) mass is 587 g/mol. The highest BCUT2D eigenvalue weighted by Crippen LogP contribution is 2.87. The molecule has 7 fully saturated rings. The van der Waals surface area contributed by atoms with Crippen LogP contribution < -0.4 is 0 Å². The third-order valence-corrected chi connectivity index (χ3v) is 14.4. The third-order valence-electron chi connectivity index (χ3n) is 14.4. The number of likely N-dealkylation sites (N-methyl/N-ethyl adjacent to an activating group) is 1. The Morgan fingerprint density at radius 3 is 2.48 bits per heavy atom. The summed E-state index contributed by atoms with van der Waals surface area (Å²) in [7, 11) is 2.17. The number of rotatable bonds is 5. The van der Waals surface area contributed by atoms with Gasteiger partial charge in [-0.15, -0.1) is 0 Å². The molecule has 2 heterocycles. The van der Waals surface area contributed by atoms with Crippen LogP contribution in [-0.2, 0) is 23.7 Å². The summed E-state index contributed by atoms with van der Waals surface area (Å²) in [6, 6.07) is 0. The van der Waals surface area contributed by atoms with Crippen LogP contribution in [0.3, 0.4) is 0 Å². The zero-order valence-electron chi connectivity index (χ0n) is 27.3. The van der Waals surface area contributed by atoms with Crippen molar-refractivity contribution in [3.63, 3.8) is 0 Å².